The second kappa shape index (κ2) is 6.45. The second-order valence-electron chi connectivity index (χ2n) is 7.17. The number of rotatable bonds is 3. The summed E-state index contributed by atoms with van der Waals surface area (Å²) in [7, 11) is 0. The van der Waals surface area contributed by atoms with Gasteiger partial charge in [0.1, 0.15) is 5.52 Å². The summed E-state index contributed by atoms with van der Waals surface area (Å²) in [5.41, 5.74) is 5.53. The number of amides is 1. The van der Waals surface area contributed by atoms with Crippen molar-refractivity contribution in [2.24, 2.45) is 0 Å². The van der Waals surface area contributed by atoms with Crippen LogP contribution in [0.5, 0.6) is 11.5 Å². The summed E-state index contributed by atoms with van der Waals surface area (Å²) in [4.78, 5) is 25.4. The fourth-order valence-corrected chi connectivity index (χ4v) is 3.73. The predicted molar refractivity (Wildman–Crippen MR) is 113 cm³/mol. The maximum atomic E-state index is 12.8. The Labute approximate surface area is 170 Å². The van der Waals surface area contributed by atoms with Crippen molar-refractivity contribution in [3.05, 3.63) is 71.8 Å². The van der Waals surface area contributed by atoms with Gasteiger partial charge in [0, 0.05) is 23.0 Å². The highest BCUT2D eigenvalue weighted by Crippen LogP contribution is 2.32. The number of hydrogen-bond donors (Lipinski definition) is 2. The zero-order chi connectivity index (χ0) is 20.1. The quantitative estimate of drug-likeness (QED) is 0.482. The Balaban J connectivity index is 1.31. The van der Waals surface area contributed by atoms with Crippen LogP contribution in [0.15, 0.2) is 60.7 Å². The van der Waals surface area contributed by atoms with Crippen molar-refractivity contribution in [1.82, 2.24) is 20.3 Å². The van der Waals surface area contributed by atoms with Gasteiger partial charge in [0.15, 0.2) is 17.1 Å². The van der Waals surface area contributed by atoms with Crippen molar-refractivity contribution in [1.29, 1.82) is 0 Å². The van der Waals surface area contributed by atoms with Crippen molar-refractivity contribution in [3.8, 4) is 11.5 Å². The van der Waals surface area contributed by atoms with Crippen LogP contribution >= 0.6 is 0 Å². The molecule has 2 N–H and O–H groups in total. The van der Waals surface area contributed by atoms with E-state index in [0.29, 0.717) is 23.5 Å². The minimum Gasteiger partial charge on any atom is -0.454 e. The van der Waals surface area contributed by atoms with Crippen molar-refractivity contribution in [2.45, 2.75) is 6.54 Å². The molecule has 6 rings (SSSR count). The molecule has 7 nitrogen and oxygen atoms in total. The first-order valence-electron chi connectivity index (χ1n) is 9.59. The number of benzene rings is 3. The van der Waals surface area contributed by atoms with Crippen LogP contribution in [0.1, 0.15) is 15.9 Å². The molecule has 0 saturated heterocycles. The molecule has 3 aromatic carbocycles. The summed E-state index contributed by atoms with van der Waals surface area (Å²) < 4.78 is 10.7. The van der Waals surface area contributed by atoms with Gasteiger partial charge in [-0.05, 0) is 48.0 Å². The molecular formula is C23H16N4O3. The summed E-state index contributed by atoms with van der Waals surface area (Å²) >= 11 is 0. The van der Waals surface area contributed by atoms with E-state index >= 15 is 0 Å². The van der Waals surface area contributed by atoms with E-state index in [0.717, 1.165) is 38.8 Å². The number of H-pyrrole nitrogens is 1. The molecule has 0 spiro atoms. The molecule has 2 aromatic heterocycles. The van der Waals surface area contributed by atoms with Gasteiger partial charge in [0.25, 0.3) is 5.91 Å². The summed E-state index contributed by atoms with van der Waals surface area (Å²) in [6.45, 7) is 0.625. The van der Waals surface area contributed by atoms with Gasteiger partial charge in [-0.3, -0.25) is 4.79 Å². The monoisotopic (exact) mass is 396 g/mol. The van der Waals surface area contributed by atoms with Crippen LogP contribution in [0.2, 0.25) is 0 Å². The number of para-hydroxylation sites is 2. The van der Waals surface area contributed by atoms with E-state index in [1.807, 2.05) is 54.6 Å². The number of fused-ring (bicyclic) bond motifs is 5. The van der Waals surface area contributed by atoms with Gasteiger partial charge in [-0.2, -0.15) is 0 Å². The Morgan fingerprint density at radius 1 is 0.967 bits per heavy atom. The Kier molecular flexibility index (Phi) is 3.61. The van der Waals surface area contributed by atoms with E-state index in [4.69, 9.17) is 14.5 Å². The smallest absolute Gasteiger partial charge is 0.251 e. The van der Waals surface area contributed by atoms with Gasteiger partial charge in [0.2, 0.25) is 6.79 Å². The van der Waals surface area contributed by atoms with Crippen LogP contribution in [0.3, 0.4) is 0 Å². The minimum atomic E-state index is -0.155. The van der Waals surface area contributed by atoms with Crippen LogP contribution in [-0.2, 0) is 6.54 Å². The third-order valence-corrected chi connectivity index (χ3v) is 5.25. The van der Waals surface area contributed by atoms with Crippen LogP contribution in [0.25, 0.3) is 33.1 Å². The standard InChI is InChI=1S/C23H16N4O3/c28-23(24-11-13-5-8-19-20(9-13)30-12-29-19)14-6-7-16-15(10-14)21-22(26-16)27-18-4-2-1-3-17(18)25-21/h1-10H,11-12H2,(H,24,28)(H,26,27). The molecule has 30 heavy (non-hydrogen) atoms. The molecule has 3 heterocycles. The first-order chi connectivity index (χ1) is 14.7. The average molecular weight is 396 g/mol. The molecular weight excluding hydrogens is 380 g/mol. The second-order valence-corrected chi connectivity index (χ2v) is 7.17. The zero-order valence-electron chi connectivity index (χ0n) is 15.8. The number of hydrogen-bond acceptors (Lipinski definition) is 5. The van der Waals surface area contributed by atoms with Gasteiger partial charge in [0.05, 0.1) is 11.0 Å². The molecule has 1 amide bonds. The molecule has 1 aliphatic rings. The summed E-state index contributed by atoms with van der Waals surface area (Å²) in [6.07, 6.45) is 0. The molecule has 0 fully saturated rings. The van der Waals surface area contributed by atoms with Gasteiger partial charge < -0.3 is 19.8 Å². The highest BCUT2D eigenvalue weighted by atomic mass is 16.7. The van der Waals surface area contributed by atoms with Gasteiger partial charge >= 0.3 is 0 Å². The SMILES string of the molecule is O=C(NCc1ccc2c(c1)OCO2)c1ccc2[nH]c3nc4ccccc4nc3c2c1. The first-order valence-corrected chi connectivity index (χ1v) is 9.59. The summed E-state index contributed by atoms with van der Waals surface area (Å²) in [6, 6.07) is 18.9. The molecule has 1 aliphatic heterocycles. The van der Waals surface area contributed by atoms with Crippen molar-refractivity contribution in [2.75, 3.05) is 6.79 Å². The van der Waals surface area contributed by atoms with Crippen LogP contribution in [0.4, 0.5) is 0 Å². The third kappa shape index (κ3) is 2.71. The van der Waals surface area contributed by atoms with Crippen molar-refractivity contribution in [3.63, 3.8) is 0 Å². The fourth-order valence-electron chi connectivity index (χ4n) is 3.73. The Morgan fingerprint density at radius 3 is 2.70 bits per heavy atom. The minimum absolute atomic E-state index is 0.155. The lowest BCUT2D eigenvalue weighted by molar-refractivity contribution is 0.0951. The molecule has 0 atom stereocenters. The van der Waals surface area contributed by atoms with E-state index in [9.17, 15) is 4.79 Å². The van der Waals surface area contributed by atoms with E-state index in [2.05, 4.69) is 15.3 Å². The summed E-state index contributed by atoms with van der Waals surface area (Å²) in [5, 5.41) is 3.83. The van der Waals surface area contributed by atoms with Gasteiger partial charge in [-0.25, -0.2) is 9.97 Å². The number of carbonyl (C=O) groups excluding carboxylic acids is 1. The van der Waals surface area contributed by atoms with Crippen LogP contribution in [-0.4, -0.2) is 27.7 Å². The molecule has 0 aliphatic carbocycles. The maximum absolute atomic E-state index is 12.8. The number of aromatic nitrogens is 3. The van der Waals surface area contributed by atoms with E-state index < -0.39 is 0 Å². The van der Waals surface area contributed by atoms with E-state index in [-0.39, 0.29) is 12.7 Å². The molecule has 5 aromatic rings. The lowest BCUT2D eigenvalue weighted by Crippen LogP contribution is -2.22. The molecule has 7 heteroatoms. The van der Waals surface area contributed by atoms with Crippen molar-refractivity contribution < 1.29 is 14.3 Å². The number of nitrogens with one attached hydrogen (secondary N) is 2. The average Bonchev–Trinajstić information content (AvgIpc) is 3.39. The zero-order valence-corrected chi connectivity index (χ0v) is 15.8. The maximum Gasteiger partial charge on any atom is 0.251 e. The number of carbonyl (C=O) groups is 1. The first kappa shape index (κ1) is 16.8. The van der Waals surface area contributed by atoms with E-state index in [1.54, 1.807) is 6.07 Å². The molecule has 0 saturated carbocycles. The normalized spacial score (nSPS) is 12.7. The van der Waals surface area contributed by atoms with Crippen LogP contribution < -0.4 is 14.8 Å². The summed E-state index contributed by atoms with van der Waals surface area (Å²) in [5.74, 6) is 1.27. The number of ether oxygens (including phenoxy) is 2. The molecule has 146 valence electrons. The highest BCUT2D eigenvalue weighted by molar-refractivity contribution is 6.08. The van der Waals surface area contributed by atoms with E-state index in [1.165, 1.54) is 0 Å². The molecule has 0 bridgehead atoms. The molecule has 0 radical (unpaired) electrons. The fraction of sp³-hybridized carbons (Fsp3) is 0.0870. The van der Waals surface area contributed by atoms with Crippen molar-refractivity contribution >= 4 is 39.0 Å². The van der Waals surface area contributed by atoms with Gasteiger partial charge in [-0.1, -0.05) is 18.2 Å². The third-order valence-electron chi connectivity index (χ3n) is 5.25. The Bertz CT molecular complexity index is 1460. The van der Waals surface area contributed by atoms with Gasteiger partial charge in [-0.15, -0.1) is 0 Å². The number of nitrogens with zero attached hydrogens (tertiary/aromatic N) is 2. The Hall–Kier alpha value is -4.13. The Morgan fingerprint density at radius 2 is 1.80 bits per heavy atom. The lowest BCUT2D eigenvalue weighted by atomic mass is 10.1. The largest absolute Gasteiger partial charge is 0.454 e. The number of aromatic amines is 1. The molecule has 0 unspecified atom stereocenters. The topological polar surface area (TPSA) is 89.1 Å². The lowest BCUT2D eigenvalue weighted by Gasteiger charge is -2.07. The highest BCUT2D eigenvalue weighted by Gasteiger charge is 2.15. The van der Waals surface area contributed by atoms with Crippen LogP contribution in [0, 0.1) is 0 Å². The predicted octanol–water partition coefficient (Wildman–Crippen LogP) is 3.92.